The van der Waals surface area contributed by atoms with Crippen LogP contribution in [0.5, 0.6) is 0 Å². The van der Waals surface area contributed by atoms with Crippen molar-refractivity contribution in [3.05, 3.63) is 28.7 Å². The summed E-state index contributed by atoms with van der Waals surface area (Å²) in [5.41, 5.74) is 1.31. The number of halogens is 2. The highest BCUT2D eigenvalue weighted by Crippen LogP contribution is 2.24. The quantitative estimate of drug-likeness (QED) is 0.345. The highest BCUT2D eigenvalue weighted by molar-refractivity contribution is 14.0. The first kappa shape index (κ1) is 21.5. The summed E-state index contributed by atoms with van der Waals surface area (Å²) in [4.78, 5) is 6.77. The molecular weight excluding hydrogens is 479 g/mol. The molecule has 1 fully saturated rings. The summed E-state index contributed by atoms with van der Waals surface area (Å²) in [6, 6.07) is 8.60. The number of guanidine groups is 1. The highest BCUT2D eigenvalue weighted by Gasteiger charge is 2.22. The van der Waals surface area contributed by atoms with Crippen molar-refractivity contribution in [1.82, 2.24) is 10.6 Å². The molecule has 1 aliphatic rings. The van der Waals surface area contributed by atoms with E-state index in [1.165, 1.54) is 18.5 Å². The molecule has 4 nitrogen and oxygen atoms in total. The summed E-state index contributed by atoms with van der Waals surface area (Å²) >= 11 is 3.50. The first-order chi connectivity index (χ1) is 11.1. The number of anilines is 1. The lowest BCUT2D eigenvalue weighted by Gasteiger charge is -2.19. The van der Waals surface area contributed by atoms with Crippen LogP contribution in [-0.4, -0.2) is 39.2 Å². The second kappa shape index (κ2) is 11.2. The van der Waals surface area contributed by atoms with Gasteiger partial charge in [0.15, 0.2) is 5.96 Å². The van der Waals surface area contributed by atoms with Crippen LogP contribution in [0.2, 0.25) is 0 Å². The molecule has 1 aliphatic heterocycles. The second-order valence-corrected chi connectivity index (χ2v) is 7.56. The number of benzene rings is 1. The van der Waals surface area contributed by atoms with Gasteiger partial charge >= 0.3 is 0 Å². The van der Waals surface area contributed by atoms with Gasteiger partial charge in [-0.2, -0.15) is 0 Å². The fourth-order valence-electron chi connectivity index (χ4n) is 2.83. The van der Waals surface area contributed by atoms with Crippen molar-refractivity contribution in [3.63, 3.8) is 0 Å². The Hall–Kier alpha value is -0.500. The van der Waals surface area contributed by atoms with Gasteiger partial charge in [-0.25, -0.2) is 0 Å². The Bertz CT molecular complexity index is 504. The Labute approximate surface area is 172 Å². The first-order valence-corrected chi connectivity index (χ1v) is 9.33. The van der Waals surface area contributed by atoms with Gasteiger partial charge in [0.1, 0.15) is 0 Å². The molecule has 0 radical (unpaired) electrons. The van der Waals surface area contributed by atoms with Gasteiger partial charge in [-0.3, -0.25) is 4.99 Å². The summed E-state index contributed by atoms with van der Waals surface area (Å²) in [5.74, 6) is 2.31. The van der Waals surface area contributed by atoms with Crippen LogP contribution in [0.15, 0.2) is 33.7 Å². The summed E-state index contributed by atoms with van der Waals surface area (Å²) in [6.07, 6.45) is 2.40. The Morgan fingerprint density at radius 2 is 2.00 bits per heavy atom. The topological polar surface area (TPSA) is 39.7 Å². The van der Waals surface area contributed by atoms with E-state index in [4.69, 9.17) is 0 Å². The van der Waals surface area contributed by atoms with E-state index < -0.39 is 0 Å². The number of aliphatic imine (C=N–C) groups is 1. The lowest BCUT2D eigenvalue weighted by Crippen LogP contribution is -2.40. The summed E-state index contributed by atoms with van der Waals surface area (Å²) in [7, 11) is 1.84. The monoisotopic (exact) mass is 508 g/mol. The largest absolute Gasteiger partial charge is 0.371 e. The van der Waals surface area contributed by atoms with Crippen LogP contribution in [0.3, 0.4) is 0 Å². The molecule has 1 heterocycles. The average molecular weight is 509 g/mol. The van der Waals surface area contributed by atoms with Gasteiger partial charge in [0.05, 0.1) is 0 Å². The number of hydrogen-bond donors (Lipinski definition) is 2. The van der Waals surface area contributed by atoms with Crippen molar-refractivity contribution < 1.29 is 0 Å². The van der Waals surface area contributed by atoms with Crippen molar-refractivity contribution >= 4 is 51.6 Å². The van der Waals surface area contributed by atoms with E-state index in [0.717, 1.165) is 42.5 Å². The minimum Gasteiger partial charge on any atom is -0.371 e. The Morgan fingerprint density at radius 1 is 1.29 bits per heavy atom. The van der Waals surface area contributed by atoms with Crippen LogP contribution < -0.4 is 15.5 Å². The van der Waals surface area contributed by atoms with Crippen LogP contribution in [0.1, 0.15) is 26.7 Å². The molecule has 136 valence electrons. The van der Waals surface area contributed by atoms with Gasteiger partial charge < -0.3 is 15.5 Å². The number of nitrogens with zero attached hydrogens (tertiary/aromatic N) is 2. The van der Waals surface area contributed by atoms with E-state index in [0.29, 0.717) is 5.92 Å². The maximum atomic E-state index is 4.31. The van der Waals surface area contributed by atoms with Crippen LogP contribution in [0.25, 0.3) is 0 Å². The summed E-state index contributed by atoms with van der Waals surface area (Å²) in [5, 5.41) is 6.86. The molecule has 0 aliphatic carbocycles. The fourth-order valence-corrected chi connectivity index (χ4v) is 3.09. The van der Waals surface area contributed by atoms with Gasteiger partial charge in [0.2, 0.25) is 0 Å². The van der Waals surface area contributed by atoms with Gasteiger partial charge in [-0.05, 0) is 48.9 Å². The molecule has 1 unspecified atom stereocenters. The molecule has 0 saturated carbocycles. The van der Waals surface area contributed by atoms with Gasteiger partial charge in [0.25, 0.3) is 0 Å². The van der Waals surface area contributed by atoms with Gasteiger partial charge in [-0.15, -0.1) is 24.0 Å². The Morgan fingerprint density at radius 3 is 2.62 bits per heavy atom. The molecule has 0 aromatic heterocycles. The molecule has 1 saturated heterocycles. The van der Waals surface area contributed by atoms with Crippen molar-refractivity contribution in [3.8, 4) is 0 Å². The minimum absolute atomic E-state index is 0. The van der Waals surface area contributed by atoms with E-state index in [-0.39, 0.29) is 24.0 Å². The normalized spacial score (nSPS) is 17.8. The Kier molecular flexibility index (Phi) is 10.0. The number of hydrogen-bond acceptors (Lipinski definition) is 2. The van der Waals surface area contributed by atoms with Crippen LogP contribution in [0, 0.1) is 11.8 Å². The highest BCUT2D eigenvalue weighted by atomic mass is 127. The molecule has 0 spiro atoms. The molecular formula is C18H30BrIN4. The van der Waals surface area contributed by atoms with Crippen LogP contribution in [0.4, 0.5) is 5.69 Å². The molecule has 1 aromatic rings. The zero-order valence-corrected chi connectivity index (χ0v) is 18.8. The average Bonchev–Trinajstić information content (AvgIpc) is 3.00. The van der Waals surface area contributed by atoms with Crippen molar-refractivity contribution in [2.75, 3.05) is 38.1 Å². The summed E-state index contributed by atoms with van der Waals surface area (Å²) in [6.45, 7) is 8.69. The predicted molar refractivity (Wildman–Crippen MR) is 119 cm³/mol. The standard InChI is InChI=1S/C18H29BrN4.HI/c1-14(2)8-10-21-18(20-3)22-12-15-9-11-23(13-15)17-6-4-16(19)5-7-17;/h4-7,14-15H,8-13H2,1-3H3,(H2,20,21,22);1H. The minimum atomic E-state index is 0. The molecule has 0 bridgehead atoms. The van der Waals surface area contributed by atoms with E-state index in [1.54, 1.807) is 0 Å². The lowest BCUT2D eigenvalue weighted by molar-refractivity contribution is 0.551. The Balaban J connectivity index is 0.00000288. The van der Waals surface area contributed by atoms with E-state index in [2.05, 4.69) is 74.6 Å². The molecule has 2 rings (SSSR count). The molecule has 2 N–H and O–H groups in total. The van der Waals surface area contributed by atoms with Crippen LogP contribution in [-0.2, 0) is 0 Å². The van der Waals surface area contributed by atoms with E-state index >= 15 is 0 Å². The fraction of sp³-hybridized carbons (Fsp3) is 0.611. The maximum absolute atomic E-state index is 4.31. The number of rotatable bonds is 6. The maximum Gasteiger partial charge on any atom is 0.190 e. The van der Waals surface area contributed by atoms with Crippen molar-refractivity contribution in [1.29, 1.82) is 0 Å². The first-order valence-electron chi connectivity index (χ1n) is 8.53. The van der Waals surface area contributed by atoms with Crippen LogP contribution >= 0.6 is 39.9 Å². The molecule has 1 atom stereocenters. The third-order valence-electron chi connectivity index (χ3n) is 4.27. The zero-order valence-electron chi connectivity index (χ0n) is 14.9. The second-order valence-electron chi connectivity index (χ2n) is 6.64. The van der Waals surface area contributed by atoms with E-state index in [1.807, 2.05) is 7.05 Å². The van der Waals surface area contributed by atoms with Gasteiger partial charge in [0, 0.05) is 43.4 Å². The third kappa shape index (κ3) is 7.17. The molecule has 24 heavy (non-hydrogen) atoms. The van der Waals surface area contributed by atoms with Crippen molar-refractivity contribution in [2.24, 2.45) is 16.8 Å². The third-order valence-corrected chi connectivity index (χ3v) is 4.80. The molecule has 6 heteroatoms. The molecule has 0 amide bonds. The SMILES string of the molecule is CN=C(NCCC(C)C)NCC1CCN(c2ccc(Br)cc2)C1.I. The number of nitrogens with one attached hydrogen (secondary N) is 2. The predicted octanol–water partition coefficient (Wildman–Crippen LogP) is 4.10. The van der Waals surface area contributed by atoms with E-state index in [9.17, 15) is 0 Å². The van der Waals surface area contributed by atoms with Gasteiger partial charge in [-0.1, -0.05) is 29.8 Å². The summed E-state index contributed by atoms with van der Waals surface area (Å²) < 4.78 is 1.13. The molecule has 1 aromatic carbocycles. The zero-order chi connectivity index (χ0) is 16.7. The lowest BCUT2D eigenvalue weighted by atomic mass is 10.1. The smallest absolute Gasteiger partial charge is 0.190 e. The van der Waals surface area contributed by atoms with Crippen molar-refractivity contribution in [2.45, 2.75) is 26.7 Å².